The van der Waals surface area contributed by atoms with Gasteiger partial charge in [0.15, 0.2) is 0 Å². The molecule has 7 heteroatoms. The molecule has 1 fully saturated rings. The minimum atomic E-state index is -0.562. The summed E-state index contributed by atoms with van der Waals surface area (Å²) < 4.78 is 11.2. The second kappa shape index (κ2) is 12.4. The molecule has 3 rings (SSSR count). The summed E-state index contributed by atoms with van der Waals surface area (Å²) in [5, 5.41) is 18.8. The van der Waals surface area contributed by atoms with Crippen LogP contribution in [0.3, 0.4) is 0 Å². The predicted octanol–water partition coefficient (Wildman–Crippen LogP) is 3.16. The standard InChI is InChI=1S/C24H32N2O5/c27-23(3-1-2-4-24(28)25-29)21-7-5-19(6-8-21)20-9-11-22(12-10-20)31-18-15-26-13-16-30-17-14-26/h5-12,23,27,29H,1-4,13-18H2,(H,25,28)/t23-/m1/s1. The number of hydrogen-bond donors (Lipinski definition) is 3. The number of unbranched alkanes of at least 4 members (excludes halogenated alkanes) is 1. The summed E-state index contributed by atoms with van der Waals surface area (Å²) in [6.07, 6.45) is 1.61. The lowest BCUT2D eigenvalue weighted by Gasteiger charge is -2.26. The van der Waals surface area contributed by atoms with Gasteiger partial charge >= 0.3 is 0 Å². The fourth-order valence-corrected chi connectivity index (χ4v) is 3.60. The molecule has 1 aliphatic rings. The van der Waals surface area contributed by atoms with E-state index in [0.717, 1.165) is 55.3 Å². The van der Waals surface area contributed by atoms with Crippen LogP contribution in [0.4, 0.5) is 0 Å². The van der Waals surface area contributed by atoms with Crippen LogP contribution < -0.4 is 10.2 Å². The fraction of sp³-hybridized carbons (Fsp3) is 0.458. The maximum absolute atomic E-state index is 11.0. The lowest BCUT2D eigenvalue weighted by molar-refractivity contribution is -0.129. The van der Waals surface area contributed by atoms with Crippen LogP contribution in [-0.2, 0) is 9.53 Å². The van der Waals surface area contributed by atoms with Gasteiger partial charge in [-0.05, 0) is 41.7 Å². The highest BCUT2D eigenvalue weighted by atomic mass is 16.5. The first kappa shape index (κ1) is 23.2. The molecule has 1 atom stereocenters. The van der Waals surface area contributed by atoms with E-state index >= 15 is 0 Å². The van der Waals surface area contributed by atoms with Crippen molar-refractivity contribution in [3.05, 3.63) is 54.1 Å². The topological polar surface area (TPSA) is 91.3 Å². The van der Waals surface area contributed by atoms with Crippen LogP contribution in [0.15, 0.2) is 48.5 Å². The monoisotopic (exact) mass is 428 g/mol. The van der Waals surface area contributed by atoms with E-state index in [-0.39, 0.29) is 6.42 Å². The van der Waals surface area contributed by atoms with E-state index in [1.54, 1.807) is 5.48 Å². The van der Waals surface area contributed by atoms with Gasteiger partial charge < -0.3 is 14.6 Å². The van der Waals surface area contributed by atoms with E-state index in [9.17, 15) is 9.90 Å². The van der Waals surface area contributed by atoms with Crippen molar-refractivity contribution in [1.82, 2.24) is 10.4 Å². The molecule has 0 aromatic heterocycles. The number of carbonyl (C=O) groups excluding carboxylic acids is 1. The Morgan fingerprint density at radius 1 is 1.03 bits per heavy atom. The molecular weight excluding hydrogens is 396 g/mol. The van der Waals surface area contributed by atoms with Gasteiger partial charge in [0.25, 0.3) is 0 Å². The van der Waals surface area contributed by atoms with E-state index in [1.165, 1.54) is 0 Å². The summed E-state index contributed by atoms with van der Waals surface area (Å²) in [7, 11) is 0. The number of morpholine rings is 1. The van der Waals surface area contributed by atoms with Gasteiger partial charge in [0.05, 0.1) is 19.3 Å². The molecule has 31 heavy (non-hydrogen) atoms. The summed E-state index contributed by atoms with van der Waals surface area (Å²) in [6.45, 7) is 5.10. The predicted molar refractivity (Wildman–Crippen MR) is 118 cm³/mol. The molecule has 1 aliphatic heterocycles. The first-order valence-electron chi connectivity index (χ1n) is 10.9. The van der Waals surface area contributed by atoms with Crippen molar-refractivity contribution in [1.29, 1.82) is 0 Å². The van der Waals surface area contributed by atoms with Crippen molar-refractivity contribution < 1.29 is 24.6 Å². The molecule has 0 unspecified atom stereocenters. The number of aliphatic hydroxyl groups is 1. The summed E-state index contributed by atoms with van der Waals surface area (Å²) in [6, 6.07) is 15.9. The van der Waals surface area contributed by atoms with E-state index in [0.29, 0.717) is 25.9 Å². The molecule has 1 amide bonds. The van der Waals surface area contributed by atoms with E-state index in [1.807, 2.05) is 48.5 Å². The number of aliphatic hydroxyl groups excluding tert-OH is 1. The van der Waals surface area contributed by atoms with Gasteiger partial charge in [0.2, 0.25) is 5.91 Å². The van der Waals surface area contributed by atoms with Crippen molar-refractivity contribution in [3.63, 3.8) is 0 Å². The molecule has 0 aliphatic carbocycles. The zero-order valence-corrected chi connectivity index (χ0v) is 17.8. The van der Waals surface area contributed by atoms with Crippen molar-refractivity contribution in [2.24, 2.45) is 0 Å². The molecule has 1 saturated heterocycles. The number of hydrogen-bond acceptors (Lipinski definition) is 6. The van der Waals surface area contributed by atoms with Crippen molar-refractivity contribution in [2.75, 3.05) is 39.5 Å². The molecule has 0 saturated carbocycles. The van der Waals surface area contributed by atoms with E-state index in [2.05, 4.69) is 4.90 Å². The summed E-state index contributed by atoms with van der Waals surface area (Å²) in [4.78, 5) is 13.3. The van der Waals surface area contributed by atoms with Crippen molar-refractivity contribution in [3.8, 4) is 16.9 Å². The Labute approximate surface area is 183 Å². The molecule has 7 nitrogen and oxygen atoms in total. The molecule has 0 spiro atoms. The number of carbonyl (C=O) groups is 1. The lowest BCUT2D eigenvalue weighted by atomic mass is 9.99. The maximum atomic E-state index is 11.0. The third-order valence-electron chi connectivity index (χ3n) is 5.52. The van der Waals surface area contributed by atoms with Crippen LogP contribution in [0, 0.1) is 0 Å². The SMILES string of the molecule is O=C(CCCC[C@@H](O)c1ccc(-c2ccc(OCCN3CCOCC3)cc2)cc1)NO. The van der Waals surface area contributed by atoms with Gasteiger partial charge in [-0.15, -0.1) is 0 Å². The van der Waals surface area contributed by atoms with Crippen molar-refractivity contribution >= 4 is 5.91 Å². The molecule has 0 radical (unpaired) electrons. The highest BCUT2D eigenvalue weighted by Crippen LogP contribution is 2.26. The largest absolute Gasteiger partial charge is 0.492 e. The zero-order chi connectivity index (χ0) is 21.9. The van der Waals surface area contributed by atoms with Gasteiger partial charge in [-0.1, -0.05) is 42.8 Å². The quantitative estimate of drug-likeness (QED) is 0.289. The zero-order valence-electron chi connectivity index (χ0n) is 17.8. The number of ether oxygens (including phenoxy) is 2. The fourth-order valence-electron chi connectivity index (χ4n) is 3.60. The first-order valence-corrected chi connectivity index (χ1v) is 10.9. The average Bonchev–Trinajstić information content (AvgIpc) is 2.83. The third kappa shape index (κ3) is 7.63. The molecule has 2 aromatic rings. The van der Waals surface area contributed by atoms with Gasteiger partial charge in [-0.2, -0.15) is 0 Å². The number of nitrogens with one attached hydrogen (secondary N) is 1. The third-order valence-corrected chi connectivity index (χ3v) is 5.52. The molecule has 2 aromatic carbocycles. The van der Waals surface area contributed by atoms with Crippen LogP contribution in [0.25, 0.3) is 11.1 Å². The van der Waals surface area contributed by atoms with Gasteiger partial charge in [0.1, 0.15) is 12.4 Å². The molecule has 3 N–H and O–H groups in total. The Morgan fingerprint density at radius 3 is 2.32 bits per heavy atom. The summed E-state index contributed by atoms with van der Waals surface area (Å²) in [5.74, 6) is 0.464. The number of nitrogens with zero attached hydrogens (tertiary/aromatic N) is 1. The first-order chi connectivity index (χ1) is 15.2. The Bertz CT molecular complexity index is 789. The maximum Gasteiger partial charge on any atom is 0.243 e. The second-order valence-corrected chi connectivity index (χ2v) is 7.75. The smallest absolute Gasteiger partial charge is 0.243 e. The Kier molecular flexibility index (Phi) is 9.30. The van der Waals surface area contributed by atoms with E-state index in [4.69, 9.17) is 14.7 Å². The van der Waals surface area contributed by atoms with E-state index < -0.39 is 12.0 Å². The number of benzene rings is 2. The Morgan fingerprint density at radius 2 is 1.68 bits per heavy atom. The second-order valence-electron chi connectivity index (χ2n) is 7.75. The highest BCUT2D eigenvalue weighted by molar-refractivity contribution is 5.74. The highest BCUT2D eigenvalue weighted by Gasteiger charge is 2.10. The summed E-state index contributed by atoms with van der Waals surface area (Å²) >= 11 is 0. The average molecular weight is 429 g/mol. The number of hydroxylamine groups is 1. The molecule has 1 heterocycles. The van der Waals surface area contributed by atoms with Gasteiger partial charge in [0, 0.05) is 26.1 Å². The minimum Gasteiger partial charge on any atom is -0.492 e. The number of rotatable bonds is 11. The van der Waals surface area contributed by atoms with Crippen LogP contribution in [0.2, 0.25) is 0 Å². The molecular formula is C24H32N2O5. The summed E-state index contributed by atoms with van der Waals surface area (Å²) in [5.41, 5.74) is 4.65. The lowest BCUT2D eigenvalue weighted by Crippen LogP contribution is -2.38. The Hall–Kier alpha value is -2.45. The van der Waals surface area contributed by atoms with Crippen molar-refractivity contribution in [2.45, 2.75) is 31.8 Å². The normalized spacial score (nSPS) is 15.4. The Balaban J connectivity index is 1.43. The van der Waals surface area contributed by atoms with Gasteiger partial charge in [-0.25, -0.2) is 5.48 Å². The molecule has 0 bridgehead atoms. The molecule has 168 valence electrons. The van der Waals surface area contributed by atoms with Crippen LogP contribution >= 0.6 is 0 Å². The number of amides is 1. The van der Waals surface area contributed by atoms with Crippen LogP contribution in [0.1, 0.15) is 37.4 Å². The van der Waals surface area contributed by atoms with Crippen LogP contribution in [0.5, 0.6) is 5.75 Å². The van der Waals surface area contributed by atoms with Crippen LogP contribution in [-0.4, -0.2) is 60.6 Å². The minimum absolute atomic E-state index is 0.259. The van der Waals surface area contributed by atoms with Gasteiger partial charge in [-0.3, -0.25) is 14.9 Å².